The monoisotopic (exact) mass is 355 g/mol. The van der Waals surface area contributed by atoms with Gasteiger partial charge in [-0.2, -0.15) is 0 Å². The van der Waals surface area contributed by atoms with Crippen molar-refractivity contribution in [3.8, 4) is 0 Å². The number of rotatable bonds is 2. The summed E-state index contributed by atoms with van der Waals surface area (Å²) in [4.78, 5) is 12.3. The van der Waals surface area contributed by atoms with Crippen LogP contribution in [-0.4, -0.2) is 11.0 Å². The van der Waals surface area contributed by atoms with Crippen molar-refractivity contribution in [1.29, 1.82) is 0 Å². The molecule has 122 valence electrons. The van der Waals surface area contributed by atoms with Crippen molar-refractivity contribution < 1.29 is 4.79 Å². The lowest BCUT2D eigenvalue weighted by molar-refractivity contribution is 0.0946. The third-order valence-electron chi connectivity index (χ3n) is 3.66. The molecular weight excluding hydrogens is 338 g/mol. The van der Waals surface area contributed by atoms with Gasteiger partial charge < -0.3 is 5.32 Å². The average molecular weight is 355 g/mol. The van der Waals surface area contributed by atoms with Gasteiger partial charge in [-0.15, -0.1) is 11.3 Å². The Morgan fingerprint density at radius 3 is 2.71 bits per heavy atom. The number of amides is 1. The third kappa shape index (κ3) is 3.55. The maximum absolute atomic E-state index is 12.3. The van der Waals surface area contributed by atoms with Crippen LogP contribution < -0.4 is 16.2 Å². The Morgan fingerprint density at radius 1 is 1.08 bits per heavy atom. The normalized spacial score (nSPS) is 10.4. The van der Waals surface area contributed by atoms with Gasteiger partial charge in [-0.3, -0.25) is 15.6 Å². The van der Waals surface area contributed by atoms with E-state index in [1.807, 2.05) is 61.7 Å². The van der Waals surface area contributed by atoms with Crippen LogP contribution in [0.1, 0.15) is 21.5 Å². The lowest BCUT2D eigenvalue weighted by Crippen LogP contribution is -2.43. The van der Waals surface area contributed by atoms with Gasteiger partial charge in [0.15, 0.2) is 5.11 Å². The quantitative estimate of drug-likeness (QED) is 0.477. The van der Waals surface area contributed by atoms with Crippen molar-refractivity contribution in [2.24, 2.45) is 0 Å². The van der Waals surface area contributed by atoms with E-state index in [4.69, 9.17) is 12.2 Å². The number of hydrazine groups is 1. The maximum atomic E-state index is 12.3. The van der Waals surface area contributed by atoms with E-state index < -0.39 is 0 Å². The van der Waals surface area contributed by atoms with Crippen LogP contribution >= 0.6 is 23.6 Å². The fourth-order valence-electron chi connectivity index (χ4n) is 2.36. The van der Waals surface area contributed by atoms with Gasteiger partial charge >= 0.3 is 0 Å². The van der Waals surface area contributed by atoms with Crippen molar-refractivity contribution >= 4 is 50.3 Å². The number of aryl methyl sites for hydroxylation is 2. The molecule has 0 aliphatic rings. The minimum Gasteiger partial charge on any atom is -0.331 e. The topological polar surface area (TPSA) is 53.2 Å². The molecule has 3 rings (SSSR count). The molecule has 1 amide bonds. The van der Waals surface area contributed by atoms with Crippen LogP contribution in [0, 0.1) is 13.8 Å². The highest BCUT2D eigenvalue weighted by molar-refractivity contribution is 7.80. The van der Waals surface area contributed by atoms with Gasteiger partial charge in [0, 0.05) is 21.2 Å². The van der Waals surface area contributed by atoms with Crippen LogP contribution in [0.25, 0.3) is 10.1 Å². The number of benzene rings is 2. The van der Waals surface area contributed by atoms with Crippen LogP contribution in [0.3, 0.4) is 0 Å². The molecule has 0 radical (unpaired) electrons. The maximum Gasteiger partial charge on any atom is 0.271 e. The van der Waals surface area contributed by atoms with E-state index in [0.717, 1.165) is 26.9 Å². The summed E-state index contributed by atoms with van der Waals surface area (Å²) in [5, 5.41) is 6.23. The molecule has 0 spiro atoms. The highest BCUT2D eigenvalue weighted by Gasteiger charge is 2.12. The van der Waals surface area contributed by atoms with Crippen molar-refractivity contribution in [2.75, 3.05) is 5.32 Å². The first-order chi connectivity index (χ1) is 11.5. The lowest BCUT2D eigenvalue weighted by atomic mass is 10.1. The Balaban J connectivity index is 1.64. The highest BCUT2D eigenvalue weighted by Crippen LogP contribution is 2.25. The Hall–Kier alpha value is -2.44. The van der Waals surface area contributed by atoms with Crippen molar-refractivity contribution in [1.82, 2.24) is 10.9 Å². The predicted octanol–water partition coefficient (Wildman–Crippen LogP) is 4.15. The standard InChI is InChI=1S/C18H17N3OS2/c1-11-7-8-12(2)15(9-11)19-18(23)21-20-17(22)14-10-24-16-6-4-3-5-13(14)16/h3-10H,1-2H3,(H,20,22)(H2,19,21,23). The molecule has 0 aliphatic heterocycles. The summed E-state index contributed by atoms with van der Waals surface area (Å²) < 4.78 is 1.08. The Kier molecular flexibility index (Phi) is 4.78. The number of thiocarbonyl (C=S) groups is 1. The van der Waals surface area contributed by atoms with Crippen LogP contribution in [-0.2, 0) is 0 Å². The number of hydrogen-bond acceptors (Lipinski definition) is 3. The minimum absolute atomic E-state index is 0.211. The van der Waals surface area contributed by atoms with Crippen molar-refractivity contribution in [3.63, 3.8) is 0 Å². The highest BCUT2D eigenvalue weighted by atomic mass is 32.1. The second-order valence-corrected chi connectivity index (χ2v) is 6.82. The molecule has 24 heavy (non-hydrogen) atoms. The molecule has 6 heteroatoms. The van der Waals surface area contributed by atoms with E-state index in [0.29, 0.717) is 10.7 Å². The van der Waals surface area contributed by atoms with Gasteiger partial charge in [0.2, 0.25) is 0 Å². The van der Waals surface area contributed by atoms with Gasteiger partial charge in [-0.1, -0.05) is 30.3 Å². The zero-order valence-corrected chi connectivity index (χ0v) is 15.0. The van der Waals surface area contributed by atoms with Gasteiger partial charge in [0.1, 0.15) is 0 Å². The van der Waals surface area contributed by atoms with Crippen LogP contribution in [0.15, 0.2) is 47.8 Å². The summed E-state index contributed by atoms with van der Waals surface area (Å²) in [7, 11) is 0. The Bertz CT molecular complexity index is 918. The second kappa shape index (κ2) is 6.98. The van der Waals surface area contributed by atoms with Crippen molar-refractivity contribution in [2.45, 2.75) is 13.8 Å². The van der Waals surface area contributed by atoms with Crippen molar-refractivity contribution in [3.05, 3.63) is 64.5 Å². The SMILES string of the molecule is Cc1ccc(C)c(NC(=S)NNC(=O)c2csc3ccccc23)c1. The fourth-order valence-corrected chi connectivity index (χ4v) is 3.46. The van der Waals surface area contributed by atoms with Crippen LogP contribution in [0.2, 0.25) is 0 Å². The van der Waals surface area contributed by atoms with Gasteiger partial charge in [-0.05, 0) is 49.3 Å². The summed E-state index contributed by atoms with van der Waals surface area (Å²) in [5.41, 5.74) is 9.18. The van der Waals surface area contributed by atoms with E-state index in [9.17, 15) is 4.79 Å². The molecule has 0 bridgehead atoms. The Labute approximate surface area is 149 Å². The Morgan fingerprint density at radius 2 is 1.88 bits per heavy atom. The number of fused-ring (bicyclic) bond motifs is 1. The lowest BCUT2D eigenvalue weighted by Gasteiger charge is -2.13. The molecule has 0 atom stereocenters. The van der Waals surface area contributed by atoms with E-state index >= 15 is 0 Å². The molecule has 0 saturated heterocycles. The first-order valence-corrected chi connectivity index (χ1v) is 8.74. The predicted molar refractivity (Wildman–Crippen MR) is 105 cm³/mol. The zero-order chi connectivity index (χ0) is 17.1. The van der Waals surface area contributed by atoms with Gasteiger partial charge in [0.05, 0.1) is 5.56 Å². The molecule has 0 unspecified atom stereocenters. The summed E-state index contributed by atoms with van der Waals surface area (Å²) in [6.07, 6.45) is 0. The molecule has 0 fully saturated rings. The second-order valence-electron chi connectivity index (χ2n) is 5.50. The van der Waals surface area contributed by atoms with Crippen LogP contribution in [0.5, 0.6) is 0 Å². The largest absolute Gasteiger partial charge is 0.331 e. The van der Waals surface area contributed by atoms with Gasteiger partial charge in [0.25, 0.3) is 5.91 Å². The number of thiophene rings is 1. The summed E-state index contributed by atoms with van der Waals surface area (Å²) in [6.45, 7) is 4.02. The summed E-state index contributed by atoms with van der Waals surface area (Å²) in [5.74, 6) is -0.211. The fraction of sp³-hybridized carbons (Fsp3) is 0.111. The summed E-state index contributed by atoms with van der Waals surface area (Å²) >= 11 is 6.79. The number of carbonyl (C=O) groups is 1. The van der Waals surface area contributed by atoms with E-state index in [1.54, 1.807) is 11.3 Å². The third-order valence-corrected chi connectivity index (χ3v) is 4.82. The zero-order valence-electron chi connectivity index (χ0n) is 13.3. The minimum atomic E-state index is -0.211. The van der Waals surface area contributed by atoms with Crippen LogP contribution in [0.4, 0.5) is 5.69 Å². The molecule has 0 aliphatic carbocycles. The number of nitrogens with one attached hydrogen (secondary N) is 3. The first-order valence-electron chi connectivity index (χ1n) is 7.45. The molecule has 3 aromatic rings. The van der Waals surface area contributed by atoms with E-state index in [-0.39, 0.29) is 5.91 Å². The van der Waals surface area contributed by atoms with E-state index in [1.165, 1.54) is 0 Å². The molecule has 2 aromatic carbocycles. The molecule has 4 nitrogen and oxygen atoms in total. The smallest absolute Gasteiger partial charge is 0.271 e. The molecule has 3 N–H and O–H groups in total. The van der Waals surface area contributed by atoms with E-state index in [2.05, 4.69) is 16.2 Å². The molecule has 1 heterocycles. The molecule has 1 aromatic heterocycles. The van der Waals surface area contributed by atoms with Gasteiger partial charge in [-0.25, -0.2) is 0 Å². The average Bonchev–Trinajstić information content (AvgIpc) is 3.00. The number of anilines is 1. The first kappa shape index (κ1) is 16.4. The molecular formula is C18H17N3OS2. The summed E-state index contributed by atoms with van der Waals surface area (Å²) in [6, 6.07) is 13.9. The number of carbonyl (C=O) groups excluding carboxylic acids is 1. The molecule has 0 saturated carbocycles. The number of hydrogen-bond donors (Lipinski definition) is 3.